The molecule has 0 amide bonds. The Balaban J connectivity index is 2.13. The van der Waals surface area contributed by atoms with E-state index in [9.17, 15) is 0 Å². The van der Waals surface area contributed by atoms with Gasteiger partial charge < -0.3 is 5.32 Å². The van der Waals surface area contributed by atoms with Crippen LogP contribution in [0.25, 0.3) is 0 Å². The average molecular weight is 246 g/mol. The first-order valence-electron chi connectivity index (χ1n) is 7.11. The van der Waals surface area contributed by atoms with E-state index < -0.39 is 0 Å². The van der Waals surface area contributed by atoms with E-state index in [-0.39, 0.29) is 0 Å². The normalized spacial score (nSPS) is 28.2. The first kappa shape index (κ1) is 13.6. The molecule has 0 spiro atoms. The number of likely N-dealkylation sites (tertiary alicyclic amines) is 1. The van der Waals surface area contributed by atoms with Crippen LogP contribution in [0.1, 0.15) is 38.8 Å². The van der Waals surface area contributed by atoms with Crippen LogP contribution in [0.5, 0.6) is 0 Å². The van der Waals surface area contributed by atoms with E-state index in [4.69, 9.17) is 0 Å². The summed E-state index contributed by atoms with van der Waals surface area (Å²) in [6.07, 6.45) is 1.33. The summed E-state index contributed by atoms with van der Waals surface area (Å²) in [5.41, 5.74) is 1.39. The van der Waals surface area contributed by atoms with Crippen molar-refractivity contribution in [2.75, 3.05) is 13.6 Å². The highest BCUT2D eigenvalue weighted by atomic mass is 15.2. The Morgan fingerprint density at radius 3 is 2.39 bits per heavy atom. The first-order valence-corrected chi connectivity index (χ1v) is 7.11. The first-order chi connectivity index (χ1) is 8.63. The molecule has 1 aliphatic heterocycles. The Kier molecular flexibility index (Phi) is 4.41. The zero-order chi connectivity index (χ0) is 13.1. The second-order valence-corrected chi connectivity index (χ2v) is 5.80. The van der Waals surface area contributed by atoms with E-state index in [1.807, 2.05) is 0 Å². The number of benzene rings is 1. The molecule has 0 radical (unpaired) electrons. The summed E-state index contributed by atoms with van der Waals surface area (Å²) in [5.74, 6) is 0.829. The zero-order valence-electron chi connectivity index (χ0n) is 12.1. The molecule has 1 N–H and O–H groups in total. The van der Waals surface area contributed by atoms with Crippen LogP contribution < -0.4 is 5.32 Å². The fourth-order valence-corrected chi connectivity index (χ4v) is 3.44. The highest BCUT2D eigenvalue weighted by Gasteiger charge is 2.33. The van der Waals surface area contributed by atoms with Gasteiger partial charge in [0.05, 0.1) is 0 Å². The third-order valence-electron chi connectivity index (χ3n) is 4.31. The minimum Gasteiger partial charge on any atom is -0.312 e. The van der Waals surface area contributed by atoms with Crippen LogP contribution in [0.3, 0.4) is 0 Å². The SMILES string of the molecule is CNC(c1ccccc1)C(C)N1CC(C)CC1C. The largest absolute Gasteiger partial charge is 0.312 e. The summed E-state index contributed by atoms with van der Waals surface area (Å²) >= 11 is 0. The number of rotatable bonds is 4. The molecule has 1 aliphatic rings. The van der Waals surface area contributed by atoms with E-state index in [1.54, 1.807) is 0 Å². The number of nitrogens with one attached hydrogen (secondary N) is 1. The molecule has 4 atom stereocenters. The van der Waals surface area contributed by atoms with Gasteiger partial charge in [-0.1, -0.05) is 37.3 Å². The van der Waals surface area contributed by atoms with Gasteiger partial charge in [0.2, 0.25) is 0 Å². The van der Waals surface area contributed by atoms with Crippen LogP contribution in [0, 0.1) is 5.92 Å². The quantitative estimate of drug-likeness (QED) is 0.878. The number of hydrogen-bond donors (Lipinski definition) is 1. The second-order valence-electron chi connectivity index (χ2n) is 5.80. The minimum atomic E-state index is 0.416. The Labute approximate surface area is 111 Å². The van der Waals surface area contributed by atoms with Crippen molar-refractivity contribution in [1.82, 2.24) is 10.2 Å². The predicted octanol–water partition coefficient (Wildman–Crippen LogP) is 3.07. The molecule has 1 fully saturated rings. The van der Waals surface area contributed by atoms with Crippen molar-refractivity contribution < 1.29 is 0 Å². The van der Waals surface area contributed by atoms with E-state index in [0.717, 1.165) is 5.92 Å². The summed E-state index contributed by atoms with van der Waals surface area (Å²) in [6.45, 7) is 8.30. The highest BCUT2D eigenvalue weighted by Crippen LogP contribution is 2.29. The van der Waals surface area contributed by atoms with Crippen molar-refractivity contribution in [2.24, 2.45) is 5.92 Å². The third kappa shape index (κ3) is 2.76. The zero-order valence-corrected chi connectivity index (χ0v) is 12.1. The van der Waals surface area contributed by atoms with Crippen LogP contribution in [0.2, 0.25) is 0 Å². The highest BCUT2D eigenvalue weighted by molar-refractivity contribution is 5.20. The van der Waals surface area contributed by atoms with Crippen LogP contribution in [0.15, 0.2) is 30.3 Å². The van der Waals surface area contributed by atoms with Gasteiger partial charge in [-0.05, 0) is 38.8 Å². The topological polar surface area (TPSA) is 15.3 Å². The number of hydrogen-bond acceptors (Lipinski definition) is 2. The van der Waals surface area contributed by atoms with Gasteiger partial charge in [0.25, 0.3) is 0 Å². The maximum absolute atomic E-state index is 3.49. The Hall–Kier alpha value is -0.860. The van der Waals surface area contributed by atoms with Crippen molar-refractivity contribution in [3.63, 3.8) is 0 Å². The summed E-state index contributed by atoms with van der Waals surface area (Å²) in [4.78, 5) is 2.65. The standard InChI is InChI=1S/C16H26N2/c1-12-10-13(2)18(11-12)14(3)16(17-4)15-8-6-5-7-9-15/h5-9,12-14,16-17H,10-11H2,1-4H3. The van der Waals surface area contributed by atoms with Gasteiger partial charge in [-0.2, -0.15) is 0 Å². The Morgan fingerprint density at radius 2 is 1.89 bits per heavy atom. The van der Waals surface area contributed by atoms with Gasteiger partial charge in [0.1, 0.15) is 0 Å². The van der Waals surface area contributed by atoms with Crippen molar-refractivity contribution in [3.05, 3.63) is 35.9 Å². The summed E-state index contributed by atoms with van der Waals surface area (Å²) in [6, 6.07) is 12.4. The van der Waals surface area contributed by atoms with Crippen molar-refractivity contribution >= 4 is 0 Å². The van der Waals surface area contributed by atoms with Gasteiger partial charge in [-0.25, -0.2) is 0 Å². The van der Waals surface area contributed by atoms with Gasteiger partial charge in [-0.3, -0.25) is 4.90 Å². The Morgan fingerprint density at radius 1 is 1.22 bits per heavy atom. The third-order valence-corrected chi connectivity index (χ3v) is 4.31. The lowest BCUT2D eigenvalue weighted by molar-refractivity contribution is 0.164. The fraction of sp³-hybridized carbons (Fsp3) is 0.625. The maximum atomic E-state index is 3.49. The average Bonchev–Trinajstić information content (AvgIpc) is 2.70. The lowest BCUT2D eigenvalue weighted by Gasteiger charge is -2.35. The second kappa shape index (κ2) is 5.85. The molecule has 1 saturated heterocycles. The molecular formula is C16H26N2. The summed E-state index contributed by atoms with van der Waals surface area (Å²) in [7, 11) is 2.07. The minimum absolute atomic E-state index is 0.416. The summed E-state index contributed by atoms with van der Waals surface area (Å²) < 4.78 is 0. The van der Waals surface area contributed by atoms with Crippen molar-refractivity contribution in [2.45, 2.75) is 45.3 Å². The molecule has 2 heteroatoms. The van der Waals surface area contributed by atoms with Gasteiger partial charge in [-0.15, -0.1) is 0 Å². The predicted molar refractivity (Wildman–Crippen MR) is 77.7 cm³/mol. The van der Waals surface area contributed by atoms with Crippen LogP contribution in [-0.4, -0.2) is 30.6 Å². The van der Waals surface area contributed by atoms with E-state index in [2.05, 4.69) is 68.4 Å². The molecule has 1 heterocycles. The van der Waals surface area contributed by atoms with Crippen molar-refractivity contribution in [1.29, 1.82) is 0 Å². The molecule has 0 aromatic heterocycles. The van der Waals surface area contributed by atoms with Crippen LogP contribution in [-0.2, 0) is 0 Å². The Bertz CT molecular complexity index is 363. The molecule has 100 valence electrons. The molecule has 0 aliphatic carbocycles. The van der Waals surface area contributed by atoms with Gasteiger partial charge >= 0.3 is 0 Å². The lowest BCUT2D eigenvalue weighted by Crippen LogP contribution is -2.43. The molecular weight excluding hydrogens is 220 g/mol. The van der Waals surface area contributed by atoms with E-state index in [0.29, 0.717) is 18.1 Å². The molecule has 1 aromatic carbocycles. The molecule has 0 saturated carbocycles. The maximum Gasteiger partial charge on any atom is 0.0473 e. The summed E-state index contributed by atoms with van der Waals surface area (Å²) in [5, 5.41) is 3.49. The van der Waals surface area contributed by atoms with Crippen molar-refractivity contribution in [3.8, 4) is 0 Å². The number of likely N-dealkylation sites (N-methyl/N-ethyl adjacent to an activating group) is 1. The van der Waals surface area contributed by atoms with Gasteiger partial charge in [0, 0.05) is 24.7 Å². The van der Waals surface area contributed by atoms with E-state index >= 15 is 0 Å². The molecule has 18 heavy (non-hydrogen) atoms. The van der Waals surface area contributed by atoms with Crippen LogP contribution in [0.4, 0.5) is 0 Å². The van der Waals surface area contributed by atoms with Crippen LogP contribution >= 0.6 is 0 Å². The lowest BCUT2D eigenvalue weighted by atomic mass is 9.99. The molecule has 0 bridgehead atoms. The number of nitrogens with zero attached hydrogens (tertiary/aromatic N) is 1. The van der Waals surface area contributed by atoms with Gasteiger partial charge in [0.15, 0.2) is 0 Å². The molecule has 2 nitrogen and oxygen atoms in total. The molecule has 4 unspecified atom stereocenters. The molecule has 2 rings (SSSR count). The monoisotopic (exact) mass is 246 g/mol. The fourth-order valence-electron chi connectivity index (χ4n) is 3.44. The smallest absolute Gasteiger partial charge is 0.0473 e. The van der Waals surface area contributed by atoms with E-state index in [1.165, 1.54) is 18.5 Å². The molecule has 1 aromatic rings.